The van der Waals surface area contributed by atoms with E-state index in [2.05, 4.69) is 0 Å². The molecule has 0 N–H and O–H groups in total. The summed E-state index contributed by atoms with van der Waals surface area (Å²) in [6.45, 7) is 2.38. The van der Waals surface area contributed by atoms with Crippen LogP contribution in [0.1, 0.15) is 11.1 Å². The van der Waals surface area contributed by atoms with Gasteiger partial charge in [0.15, 0.2) is 0 Å². The van der Waals surface area contributed by atoms with E-state index >= 15 is 0 Å². The number of benzene rings is 1. The molecule has 15 heavy (non-hydrogen) atoms. The minimum absolute atomic E-state index is 0.226. The predicted molar refractivity (Wildman–Crippen MR) is 59.8 cm³/mol. The van der Waals surface area contributed by atoms with Crippen LogP contribution in [0.3, 0.4) is 0 Å². The van der Waals surface area contributed by atoms with Crippen LogP contribution in [0.25, 0.3) is 0 Å². The summed E-state index contributed by atoms with van der Waals surface area (Å²) in [5.74, 6) is 0.512. The molecule has 0 saturated carbocycles. The summed E-state index contributed by atoms with van der Waals surface area (Å²) in [4.78, 5) is 0. The summed E-state index contributed by atoms with van der Waals surface area (Å²) in [7, 11) is 0. The number of hydrogen-bond acceptors (Lipinski definition) is 2. The zero-order valence-electron chi connectivity index (χ0n) is 8.37. The van der Waals surface area contributed by atoms with Gasteiger partial charge in [0.1, 0.15) is 18.2 Å². The average molecular weight is 222 g/mol. The van der Waals surface area contributed by atoms with E-state index in [1.807, 2.05) is 23.8 Å². The van der Waals surface area contributed by atoms with Crippen molar-refractivity contribution in [1.29, 1.82) is 0 Å². The van der Waals surface area contributed by atoms with Gasteiger partial charge in [-0.15, -0.1) is 0 Å². The molecule has 1 aromatic carbocycles. The molecule has 0 atom stereocenters. The molecule has 0 amide bonds. The van der Waals surface area contributed by atoms with Gasteiger partial charge in [-0.05, 0) is 53.1 Å². The van der Waals surface area contributed by atoms with Crippen LogP contribution in [0.15, 0.2) is 35.0 Å². The fourth-order valence-electron chi connectivity index (χ4n) is 1.31. The monoisotopic (exact) mass is 222 g/mol. The van der Waals surface area contributed by atoms with Crippen LogP contribution in [0.4, 0.5) is 4.39 Å². The van der Waals surface area contributed by atoms with Gasteiger partial charge in [-0.3, -0.25) is 0 Å². The molecular formula is C12H11FOS. The molecule has 1 heterocycles. The number of halogens is 1. The Balaban J connectivity index is 2.05. The number of ether oxygens (including phenoxy) is 1. The summed E-state index contributed by atoms with van der Waals surface area (Å²) in [5.41, 5.74) is 1.97. The highest BCUT2D eigenvalue weighted by atomic mass is 32.1. The highest BCUT2D eigenvalue weighted by molar-refractivity contribution is 7.07. The van der Waals surface area contributed by atoms with Crippen LogP contribution in [-0.2, 0) is 6.61 Å². The average Bonchev–Trinajstić information content (AvgIpc) is 2.69. The van der Waals surface area contributed by atoms with E-state index < -0.39 is 0 Å². The molecule has 2 aromatic rings. The van der Waals surface area contributed by atoms with Crippen molar-refractivity contribution in [2.45, 2.75) is 13.5 Å². The van der Waals surface area contributed by atoms with Crippen LogP contribution in [0.5, 0.6) is 5.75 Å². The van der Waals surface area contributed by atoms with E-state index in [1.54, 1.807) is 17.4 Å². The fraction of sp³-hybridized carbons (Fsp3) is 0.167. The smallest absolute Gasteiger partial charge is 0.123 e. The minimum atomic E-state index is -0.226. The molecule has 0 radical (unpaired) electrons. The zero-order chi connectivity index (χ0) is 10.7. The predicted octanol–water partition coefficient (Wildman–Crippen LogP) is 3.77. The Morgan fingerprint density at radius 2 is 2.20 bits per heavy atom. The quantitative estimate of drug-likeness (QED) is 0.768. The first kappa shape index (κ1) is 10.2. The number of rotatable bonds is 3. The fourth-order valence-corrected chi connectivity index (χ4v) is 1.96. The van der Waals surface area contributed by atoms with E-state index in [0.29, 0.717) is 6.61 Å². The van der Waals surface area contributed by atoms with Crippen molar-refractivity contribution < 1.29 is 9.13 Å². The summed E-state index contributed by atoms with van der Waals surface area (Å²) in [6.07, 6.45) is 0. The first-order valence-corrected chi connectivity index (χ1v) is 5.60. The topological polar surface area (TPSA) is 9.23 Å². The van der Waals surface area contributed by atoms with Crippen LogP contribution in [0, 0.1) is 12.7 Å². The van der Waals surface area contributed by atoms with E-state index in [1.165, 1.54) is 12.1 Å². The van der Waals surface area contributed by atoms with Crippen molar-refractivity contribution in [3.63, 3.8) is 0 Å². The van der Waals surface area contributed by atoms with Gasteiger partial charge in [0.25, 0.3) is 0 Å². The third kappa shape index (κ3) is 2.57. The normalized spacial score (nSPS) is 10.3. The van der Waals surface area contributed by atoms with Gasteiger partial charge < -0.3 is 4.74 Å². The van der Waals surface area contributed by atoms with Crippen molar-refractivity contribution in [1.82, 2.24) is 0 Å². The van der Waals surface area contributed by atoms with Crippen LogP contribution in [0.2, 0.25) is 0 Å². The number of aryl methyl sites for hydroxylation is 1. The summed E-state index contributed by atoms with van der Waals surface area (Å²) in [6, 6.07) is 6.57. The minimum Gasteiger partial charge on any atom is -0.489 e. The second-order valence-electron chi connectivity index (χ2n) is 3.33. The molecule has 3 heteroatoms. The lowest BCUT2D eigenvalue weighted by Crippen LogP contribution is -1.95. The van der Waals surface area contributed by atoms with Crippen molar-refractivity contribution in [2.24, 2.45) is 0 Å². The molecule has 0 spiro atoms. The van der Waals surface area contributed by atoms with Gasteiger partial charge in [0.2, 0.25) is 0 Å². The van der Waals surface area contributed by atoms with Gasteiger partial charge in [-0.25, -0.2) is 4.39 Å². The Kier molecular flexibility index (Phi) is 3.02. The largest absolute Gasteiger partial charge is 0.489 e. The van der Waals surface area contributed by atoms with Crippen LogP contribution < -0.4 is 4.74 Å². The van der Waals surface area contributed by atoms with E-state index in [9.17, 15) is 4.39 Å². The summed E-state index contributed by atoms with van der Waals surface area (Å²) >= 11 is 1.64. The number of thiophene rings is 1. The summed E-state index contributed by atoms with van der Waals surface area (Å²) in [5, 5.41) is 4.05. The molecule has 1 nitrogen and oxygen atoms in total. The highest BCUT2D eigenvalue weighted by Crippen LogP contribution is 2.20. The number of hydrogen-bond donors (Lipinski definition) is 0. The second kappa shape index (κ2) is 4.45. The van der Waals surface area contributed by atoms with E-state index in [-0.39, 0.29) is 5.82 Å². The molecule has 0 fully saturated rings. The molecule has 78 valence electrons. The maximum absolute atomic E-state index is 12.8. The summed E-state index contributed by atoms with van der Waals surface area (Å²) < 4.78 is 18.4. The molecule has 2 rings (SSSR count). The van der Waals surface area contributed by atoms with Crippen molar-refractivity contribution in [2.75, 3.05) is 0 Å². The molecule has 0 aliphatic rings. The first-order valence-electron chi connectivity index (χ1n) is 4.66. The zero-order valence-corrected chi connectivity index (χ0v) is 9.18. The molecule has 1 aromatic heterocycles. The third-order valence-electron chi connectivity index (χ3n) is 2.11. The van der Waals surface area contributed by atoms with Crippen LogP contribution >= 0.6 is 11.3 Å². The Bertz CT molecular complexity index is 437. The Hall–Kier alpha value is -1.35. The van der Waals surface area contributed by atoms with Crippen molar-refractivity contribution >= 4 is 11.3 Å². The molecule has 0 aliphatic carbocycles. The van der Waals surface area contributed by atoms with Crippen molar-refractivity contribution in [3.05, 3.63) is 52.0 Å². The molecular weight excluding hydrogens is 211 g/mol. The van der Waals surface area contributed by atoms with E-state index in [4.69, 9.17) is 4.74 Å². The van der Waals surface area contributed by atoms with Crippen molar-refractivity contribution in [3.8, 4) is 5.75 Å². The van der Waals surface area contributed by atoms with Crippen LogP contribution in [-0.4, -0.2) is 0 Å². The molecule has 0 bridgehead atoms. The highest BCUT2D eigenvalue weighted by Gasteiger charge is 2.01. The van der Waals surface area contributed by atoms with Gasteiger partial charge in [-0.2, -0.15) is 11.3 Å². The Morgan fingerprint density at radius 1 is 1.33 bits per heavy atom. The third-order valence-corrected chi connectivity index (χ3v) is 2.84. The first-order chi connectivity index (χ1) is 7.25. The molecule has 0 unspecified atom stereocenters. The molecule has 0 aliphatic heterocycles. The lowest BCUT2D eigenvalue weighted by molar-refractivity contribution is 0.304. The van der Waals surface area contributed by atoms with Gasteiger partial charge in [0.05, 0.1) is 0 Å². The lowest BCUT2D eigenvalue weighted by Gasteiger charge is -2.07. The van der Waals surface area contributed by atoms with Gasteiger partial charge >= 0.3 is 0 Å². The van der Waals surface area contributed by atoms with Gasteiger partial charge in [0, 0.05) is 0 Å². The Morgan fingerprint density at radius 3 is 2.87 bits per heavy atom. The second-order valence-corrected chi connectivity index (χ2v) is 4.11. The van der Waals surface area contributed by atoms with Gasteiger partial charge in [-0.1, -0.05) is 0 Å². The van der Waals surface area contributed by atoms with E-state index in [0.717, 1.165) is 16.9 Å². The standard InChI is InChI=1S/C12H11FOS/c1-9-6-11(13)2-3-12(9)14-7-10-4-5-15-8-10/h2-6,8H,7H2,1H3. The maximum Gasteiger partial charge on any atom is 0.123 e. The Labute approximate surface area is 92.1 Å². The lowest BCUT2D eigenvalue weighted by atomic mass is 10.2. The molecule has 0 saturated heterocycles. The SMILES string of the molecule is Cc1cc(F)ccc1OCc1ccsc1. The maximum atomic E-state index is 12.8.